The molecule has 1 N–H and O–H groups in total. The Morgan fingerprint density at radius 1 is 1.71 bits per heavy atom. The maximum absolute atomic E-state index is 10.6. The molecule has 4 nitrogen and oxygen atoms in total. The van der Waals surface area contributed by atoms with Crippen LogP contribution in [0.25, 0.3) is 0 Å². The van der Waals surface area contributed by atoms with Gasteiger partial charge in [0.25, 0.3) is 0 Å². The Bertz CT molecular complexity index is 371. The standard InChI is InChI=1S/C10H12N2O2/c1-12-10(8-14)9(7-11-12)5-3-2-4-6-13/h7-8,13H,2,4,6H2,1H3. The average Bonchev–Trinajstić information content (AvgIpc) is 2.54. The van der Waals surface area contributed by atoms with E-state index >= 15 is 0 Å². The topological polar surface area (TPSA) is 55.1 Å². The van der Waals surface area contributed by atoms with E-state index in [1.165, 1.54) is 4.68 Å². The van der Waals surface area contributed by atoms with Crippen molar-refractivity contribution in [2.45, 2.75) is 12.8 Å². The summed E-state index contributed by atoms with van der Waals surface area (Å²) in [5.41, 5.74) is 1.13. The van der Waals surface area contributed by atoms with Gasteiger partial charge in [0.1, 0.15) is 5.69 Å². The van der Waals surface area contributed by atoms with Crippen molar-refractivity contribution < 1.29 is 9.90 Å². The maximum Gasteiger partial charge on any atom is 0.169 e. The van der Waals surface area contributed by atoms with Crippen LogP contribution in [0.15, 0.2) is 6.20 Å². The first-order valence-electron chi connectivity index (χ1n) is 4.36. The Kier molecular flexibility index (Phi) is 3.89. The van der Waals surface area contributed by atoms with E-state index in [4.69, 9.17) is 5.11 Å². The van der Waals surface area contributed by atoms with E-state index in [-0.39, 0.29) is 6.61 Å². The first-order valence-corrected chi connectivity index (χ1v) is 4.36. The summed E-state index contributed by atoms with van der Waals surface area (Å²) in [6.45, 7) is 0.141. The van der Waals surface area contributed by atoms with E-state index in [1.807, 2.05) is 0 Å². The quantitative estimate of drug-likeness (QED) is 0.427. The molecule has 0 aliphatic carbocycles. The summed E-state index contributed by atoms with van der Waals surface area (Å²) in [5.74, 6) is 5.71. The van der Waals surface area contributed by atoms with E-state index in [0.29, 0.717) is 24.1 Å². The molecule has 0 atom stereocenters. The number of rotatable bonds is 3. The molecule has 0 fully saturated rings. The molecule has 1 heterocycles. The number of hydrogen-bond donors (Lipinski definition) is 1. The number of unbranched alkanes of at least 4 members (excludes halogenated alkanes) is 1. The van der Waals surface area contributed by atoms with Crippen LogP contribution >= 0.6 is 0 Å². The van der Waals surface area contributed by atoms with Crippen molar-refractivity contribution in [3.63, 3.8) is 0 Å². The molecule has 1 aromatic rings. The van der Waals surface area contributed by atoms with Crippen molar-refractivity contribution in [2.24, 2.45) is 7.05 Å². The highest BCUT2D eigenvalue weighted by Gasteiger charge is 2.03. The number of aldehydes is 1. The zero-order valence-electron chi connectivity index (χ0n) is 8.03. The summed E-state index contributed by atoms with van der Waals surface area (Å²) in [6, 6.07) is 0. The first kappa shape index (κ1) is 10.5. The minimum Gasteiger partial charge on any atom is -0.396 e. The molecule has 0 aromatic carbocycles. The maximum atomic E-state index is 10.6. The Morgan fingerprint density at radius 2 is 2.50 bits per heavy atom. The van der Waals surface area contributed by atoms with Gasteiger partial charge in [-0.1, -0.05) is 11.8 Å². The Hall–Kier alpha value is -1.60. The highest BCUT2D eigenvalue weighted by Crippen LogP contribution is 2.02. The van der Waals surface area contributed by atoms with Gasteiger partial charge in [0.2, 0.25) is 0 Å². The zero-order valence-corrected chi connectivity index (χ0v) is 8.03. The van der Waals surface area contributed by atoms with E-state index < -0.39 is 0 Å². The normalized spacial score (nSPS) is 9.29. The van der Waals surface area contributed by atoms with Gasteiger partial charge in [-0.15, -0.1) is 0 Å². The molecule has 74 valence electrons. The van der Waals surface area contributed by atoms with Crippen LogP contribution < -0.4 is 0 Å². The van der Waals surface area contributed by atoms with E-state index in [9.17, 15) is 4.79 Å². The summed E-state index contributed by atoms with van der Waals surface area (Å²) in [5, 5.41) is 12.4. The lowest BCUT2D eigenvalue weighted by Crippen LogP contribution is -1.97. The molecule has 1 aromatic heterocycles. The summed E-state index contributed by atoms with van der Waals surface area (Å²) >= 11 is 0. The monoisotopic (exact) mass is 192 g/mol. The highest BCUT2D eigenvalue weighted by molar-refractivity contribution is 5.76. The molecule has 0 unspecified atom stereocenters. The molecule has 0 amide bonds. The van der Waals surface area contributed by atoms with E-state index in [1.54, 1.807) is 13.2 Å². The molecule has 0 saturated heterocycles. The van der Waals surface area contributed by atoms with Crippen LogP contribution in [-0.2, 0) is 7.05 Å². The predicted octanol–water partition coefficient (Wildman–Crippen LogP) is 0.357. The predicted molar refractivity (Wildman–Crippen MR) is 51.8 cm³/mol. The van der Waals surface area contributed by atoms with E-state index in [0.717, 1.165) is 6.29 Å². The number of aryl methyl sites for hydroxylation is 1. The second-order valence-electron chi connectivity index (χ2n) is 2.81. The fraction of sp³-hybridized carbons (Fsp3) is 0.400. The van der Waals surface area contributed by atoms with Gasteiger partial charge in [-0.25, -0.2) is 0 Å². The van der Waals surface area contributed by atoms with Crippen LogP contribution in [0, 0.1) is 11.8 Å². The largest absolute Gasteiger partial charge is 0.396 e. The number of hydrogen-bond acceptors (Lipinski definition) is 3. The molecule has 14 heavy (non-hydrogen) atoms. The Balaban J connectivity index is 2.74. The molecule has 4 heteroatoms. The number of aromatic nitrogens is 2. The number of carbonyl (C=O) groups excluding carboxylic acids is 1. The molecular weight excluding hydrogens is 180 g/mol. The molecule has 0 saturated carbocycles. The summed E-state index contributed by atoms with van der Waals surface area (Å²) in [7, 11) is 1.70. The SMILES string of the molecule is Cn1ncc(C#CCCCO)c1C=O. The van der Waals surface area contributed by atoms with Crippen LogP contribution in [0.4, 0.5) is 0 Å². The fourth-order valence-electron chi connectivity index (χ4n) is 1.01. The van der Waals surface area contributed by atoms with Gasteiger partial charge in [0, 0.05) is 20.1 Å². The van der Waals surface area contributed by atoms with Crippen molar-refractivity contribution in [3.8, 4) is 11.8 Å². The molecular formula is C10H12N2O2. The van der Waals surface area contributed by atoms with Crippen LogP contribution in [-0.4, -0.2) is 27.8 Å². The van der Waals surface area contributed by atoms with Crippen molar-refractivity contribution in [2.75, 3.05) is 6.61 Å². The average molecular weight is 192 g/mol. The van der Waals surface area contributed by atoms with E-state index in [2.05, 4.69) is 16.9 Å². The number of aliphatic hydroxyl groups is 1. The minimum atomic E-state index is 0.141. The molecule has 0 aliphatic heterocycles. The van der Waals surface area contributed by atoms with Crippen LogP contribution in [0.3, 0.4) is 0 Å². The van der Waals surface area contributed by atoms with Crippen LogP contribution in [0.2, 0.25) is 0 Å². The molecule has 0 radical (unpaired) electrons. The summed E-state index contributed by atoms with van der Waals surface area (Å²) in [4.78, 5) is 10.6. The van der Waals surface area contributed by atoms with Gasteiger partial charge >= 0.3 is 0 Å². The lowest BCUT2D eigenvalue weighted by atomic mass is 10.2. The Morgan fingerprint density at radius 3 is 3.14 bits per heavy atom. The van der Waals surface area contributed by atoms with Crippen LogP contribution in [0.5, 0.6) is 0 Å². The smallest absolute Gasteiger partial charge is 0.169 e. The lowest BCUT2D eigenvalue weighted by molar-refractivity contribution is 0.111. The van der Waals surface area contributed by atoms with Gasteiger partial charge in [-0.05, 0) is 6.42 Å². The summed E-state index contributed by atoms with van der Waals surface area (Å²) in [6.07, 6.45) is 3.59. The number of nitrogens with zero attached hydrogens (tertiary/aromatic N) is 2. The van der Waals surface area contributed by atoms with Gasteiger partial charge in [-0.3, -0.25) is 9.48 Å². The van der Waals surface area contributed by atoms with Gasteiger partial charge in [-0.2, -0.15) is 5.10 Å². The molecule has 1 rings (SSSR count). The van der Waals surface area contributed by atoms with Crippen molar-refractivity contribution in [1.29, 1.82) is 0 Å². The fourth-order valence-corrected chi connectivity index (χ4v) is 1.01. The van der Waals surface area contributed by atoms with Crippen molar-refractivity contribution in [1.82, 2.24) is 9.78 Å². The second kappa shape index (κ2) is 5.20. The molecule has 0 aliphatic rings. The third kappa shape index (κ3) is 2.44. The second-order valence-corrected chi connectivity index (χ2v) is 2.81. The van der Waals surface area contributed by atoms with Crippen LogP contribution in [0.1, 0.15) is 28.9 Å². The minimum absolute atomic E-state index is 0.141. The molecule has 0 bridgehead atoms. The summed E-state index contributed by atoms with van der Waals surface area (Å²) < 4.78 is 1.49. The van der Waals surface area contributed by atoms with Gasteiger partial charge in [0.05, 0.1) is 11.8 Å². The Labute approximate surface area is 82.5 Å². The number of aliphatic hydroxyl groups excluding tert-OH is 1. The van der Waals surface area contributed by atoms with Gasteiger partial charge in [0.15, 0.2) is 6.29 Å². The van der Waals surface area contributed by atoms with Crippen molar-refractivity contribution in [3.05, 3.63) is 17.5 Å². The van der Waals surface area contributed by atoms with Crippen molar-refractivity contribution >= 4 is 6.29 Å². The highest BCUT2D eigenvalue weighted by atomic mass is 16.2. The molecule has 0 spiro atoms. The first-order chi connectivity index (χ1) is 6.79. The third-order valence-electron chi connectivity index (χ3n) is 1.78. The zero-order chi connectivity index (χ0) is 10.4. The van der Waals surface area contributed by atoms with Gasteiger partial charge < -0.3 is 5.11 Å². The third-order valence-corrected chi connectivity index (χ3v) is 1.78. The number of carbonyl (C=O) groups is 1. The lowest BCUT2D eigenvalue weighted by Gasteiger charge is -1.90.